The van der Waals surface area contributed by atoms with Crippen molar-refractivity contribution in [3.63, 3.8) is 0 Å². The van der Waals surface area contributed by atoms with Gasteiger partial charge in [-0.2, -0.15) is 5.10 Å². The Morgan fingerprint density at radius 1 is 1.30 bits per heavy atom. The van der Waals surface area contributed by atoms with Gasteiger partial charge in [-0.15, -0.1) is 0 Å². The Labute approximate surface area is 113 Å². The Morgan fingerprint density at radius 3 is 2.60 bits per heavy atom. The number of benzene rings is 1. The molecular formula is C11H11N5O4. The summed E-state index contributed by atoms with van der Waals surface area (Å²) in [7, 11) is 1.59. The molecule has 2 rings (SSSR count). The van der Waals surface area contributed by atoms with Crippen LogP contribution in [0.2, 0.25) is 0 Å². The first-order valence-electron chi connectivity index (χ1n) is 5.63. The second-order valence-corrected chi connectivity index (χ2v) is 4.01. The van der Waals surface area contributed by atoms with Crippen LogP contribution in [0, 0.1) is 20.2 Å². The van der Waals surface area contributed by atoms with Gasteiger partial charge in [-0.1, -0.05) is 6.07 Å². The van der Waals surface area contributed by atoms with Crippen molar-refractivity contribution in [2.75, 3.05) is 12.4 Å². The molecule has 1 aromatic heterocycles. The van der Waals surface area contributed by atoms with Gasteiger partial charge in [-0.3, -0.25) is 24.9 Å². The molecule has 104 valence electrons. The van der Waals surface area contributed by atoms with E-state index in [0.717, 1.165) is 11.8 Å². The topological polar surface area (TPSA) is 116 Å². The van der Waals surface area contributed by atoms with Gasteiger partial charge in [0.25, 0.3) is 5.69 Å². The molecule has 9 heteroatoms. The minimum absolute atomic E-state index is 0.0253. The molecule has 0 saturated heterocycles. The zero-order valence-electron chi connectivity index (χ0n) is 10.5. The van der Waals surface area contributed by atoms with Crippen LogP contribution < -0.4 is 5.32 Å². The number of nitrogens with one attached hydrogen (secondary N) is 1. The molecule has 0 radical (unpaired) electrons. The standard InChI is InChI=1S/C11H11N5O4/c1-12-10-4-8(2-3-11(10)16(19)20)6-14-7-9(5-13-14)15(17)18/h2-5,7,12H,6H2,1H3. The van der Waals surface area contributed by atoms with Crippen molar-refractivity contribution in [1.82, 2.24) is 9.78 Å². The van der Waals surface area contributed by atoms with E-state index in [1.165, 1.54) is 16.9 Å². The summed E-state index contributed by atoms with van der Waals surface area (Å²) in [6.07, 6.45) is 2.46. The van der Waals surface area contributed by atoms with Crippen LogP contribution in [-0.2, 0) is 6.54 Å². The molecule has 0 spiro atoms. The quantitative estimate of drug-likeness (QED) is 0.657. The van der Waals surface area contributed by atoms with Crippen molar-refractivity contribution in [2.45, 2.75) is 6.54 Å². The lowest BCUT2D eigenvalue weighted by Gasteiger charge is -2.06. The first-order chi connectivity index (χ1) is 9.51. The van der Waals surface area contributed by atoms with Crippen LogP contribution in [0.5, 0.6) is 0 Å². The maximum atomic E-state index is 10.8. The van der Waals surface area contributed by atoms with Crippen LogP contribution in [0.1, 0.15) is 5.56 Å². The molecule has 0 aliphatic carbocycles. The van der Waals surface area contributed by atoms with E-state index in [1.807, 2.05) is 0 Å². The van der Waals surface area contributed by atoms with Crippen molar-refractivity contribution >= 4 is 17.1 Å². The van der Waals surface area contributed by atoms with Crippen LogP contribution in [-0.4, -0.2) is 26.7 Å². The molecule has 20 heavy (non-hydrogen) atoms. The predicted molar refractivity (Wildman–Crippen MR) is 70.6 cm³/mol. The zero-order valence-corrected chi connectivity index (χ0v) is 10.5. The minimum Gasteiger partial charge on any atom is -0.383 e. The third-order valence-electron chi connectivity index (χ3n) is 2.70. The number of nitrogens with zero attached hydrogens (tertiary/aromatic N) is 4. The Hall–Kier alpha value is -2.97. The maximum Gasteiger partial charge on any atom is 0.307 e. The Balaban J connectivity index is 2.25. The Kier molecular flexibility index (Phi) is 3.60. The van der Waals surface area contributed by atoms with Crippen LogP contribution in [0.25, 0.3) is 0 Å². The molecule has 0 atom stereocenters. The molecule has 0 aliphatic rings. The molecular weight excluding hydrogens is 266 g/mol. The highest BCUT2D eigenvalue weighted by Gasteiger charge is 2.14. The van der Waals surface area contributed by atoms with Gasteiger partial charge in [0.15, 0.2) is 0 Å². The summed E-state index contributed by atoms with van der Waals surface area (Å²) < 4.78 is 1.40. The summed E-state index contributed by atoms with van der Waals surface area (Å²) in [6, 6.07) is 4.59. The van der Waals surface area contributed by atoms with Gasteiger partial charge in [0.05, 0.1) is 16.4 Å². The van der Waals surface area contributed by atoms with Gasteiger partial charge in [-0.05, 0) is 11.6 Å². The van der Waals surface area contributed by atoms with E-state index in [0.29, 0.717) is 12.2 Å². The number of anilines is 1. The minimum atomic E-state index is -0.529. The molecule has 0 fully saturated rings. The predicted octanol–water partition coefficient (Wildman–Crippen LogP) is 1.79. The number of nitro groups is 2. The lowest BCUT2D eigenvalue weighted by Crippen LogP contribution is -2.02. The van der Waals surface area contributed by atoms with Gasteiger partial charge in [-0.25, -0.2) is 0 Å². The molecule has 1 aromatic carbocycles. The highest BCUT2D eigenvalue weighted by Crippen LogP contribution is 2.25. The average Bonchev–Trinajstić information content (AvgIpc) is 2.87. The second kappa shape index (κ2) is 5.34. The summed E-state index contributed by atoms with van der Waals surface area (Å²) in [6.45, 7) is 0.292. The summed E-state index contributed by atoms with van der Waals surface area (Å²) in [4.78, 5) is 20.3. The van der Waals surface area contributed by atoms with Crippen LogP contribution in [0.4, 0.5) is 17.1 Å². The van der Waals surface area contributed by atoms with Crippen molar-refractivity contribution in [3.8, 4) is 0 Å². The molecule has 1 heterocycles. The van der Waals surface area contributed by atoms with E-state index in [9.17, 15) is 20.2 Å². The van der Waals surface area contributed by atoms with Crippen molar-refractivity contribution in [3.05, 3.63) is 56.4 Å². The number of hydrogen-bond acceptors (Lipinski definition) is 6. The van der Waals surface area contributed by atoms with E-state index in [2.05, 4.69) is 10.4 Å². The van der Waals surface area contributed by atoms with E-state index in [1.54, 1.807) is 19.2 Å². The molecule has 2 aromatic rings. The summed E-state index contributed by atoms with van der Waals surface area (Å²) >= 11 is 0. The van der Waals surface area contributed by atoms with Crippen LogP contribution in [0.3, 0.4) is 0 Å². The SMILES string of the molecule is CNc1cc(Cn2cc([N+](=O)[O-])cn2)ccc1[N+](=O)[O-]. The number of rotatable bonds is 5. The number of nitro benzene ring substituents is 1. The van der Waals surface area contributed by atoms with Crippen LogP contribution in [0.15, 0.2) is 30.6 Å². The third-order valence-corrected chi connectivity index (χ3v) is 2.70. The van der Waals surface area contributed by atoms with E-state index >= 15 is 0 Å². The van der Waals surface area contributed by atoms with Crippen LogP contribution >= 0.6 is 0 Å². The van der Waals surface area contributed by atoms with E-state index in [4.69, 9.17) is 0 Å². The third kappa shape index (κ3) is 2.71. The first-order valence-corrected chi connectivity index (χ1v) is 5.63. The van der Waals surface area contributed by atoms with Crippen molar-refractivity contribution in [2.24, 2.45) is 0 Å². The van der Waals surface area contributed by atoms with E-state index < -0.39 is 9.85 Å². The normalized spacial score (nSPS) is 10.2. The van der Waals surface area contributed by atoms with Gasteiger partial charge < -0.3 is 5.32 Å². The lowest BCUT2D eigenvalue weighted by atomic mass is 10.1. The molecule has 0 unspecified atom stereocenters. The summed E-state index contributed by atoms with van der Waals surface area (Å²) in [5.74, 6) is 0. The fourth-order valence-corrected chi connectivity index (χ4v) is 1.76. The van der Waals surface area contributed by atoms with E-state index in [-0.39, 0.29) is 11.4 Å². The molecule has 0 saturated carbocycles. The molecule has 9 nitrogen and oxygen atoms in total. The number of aromatic nitrogens is 2. The van der Waals surface area contributed by atoms with Gasteiger partial charge in [0.2, 0.25) is 0 Å². The average molecular weight is 277 g/mol. The second-order valence-electron chi connectivity index (χ2n) is 4.01. The molecule has 0 amide bonds. The first kappa shape index (κ1) is 13.5. The smallest absolute Gasteiger partial charge is 0.307 e. The van der Waals surface area contributed by atoms with Crippen molar-refractivity contribution in [1.29, 1.82) is 0 Å². The fourth-order valence-electron chi connectivity index (χ4n) is 1.76. The van der Waals surface area contributed by atoms with Gasteiger partial charge >= 0.3 is 5.69 Å². The Morgan fingerprint density at radius 2 is 2.05 bits per heavy atom. The molecule has 0 aliphatic heterocycles. The summed E-state index contributed by atoms with van der Waals surface area (Å²) in [5.41, 5.74) is 1.01. The maximum absolute atomic E-state index is 10.8. The highest BCUT2D eigenvalue weighted by atomic mass is 16.6. The Bertz CT molecular complexity index is 667. The number of hydrogen-bond donors (Lipinski definition) is 1. The summed E-state index contributed by atoms with van der Waals surface area (Å²) in [5, 5.41) is 28.0. The highest BCUT2D eigenvalue weighted by molar-refractivity contribution is 5.62. The lowest BCUT2D eigenvalue weighted by molar-refractivity contribution is -0.385. The molecule has 1 N–H and O–H groups in total. The monoisotopic (exact) mass is 277 g/mol. The molecule has 0 bridgehead atoms. The van der Waals surface area contributed by atoms with Crippen molar-refractivity contribution < 1.29 is 9.85 Å². The largest absolute Gasteiger partial charge is 0.383 e. The fraction of sp³-hybridized carbons (Fsp3) is 0.182. The zero-order chi connectivity index (χ0) is 14.7. The van der Waals surface area contributed by atoms with Gasteiger partial charge in [0.1, 0.15) is 18.1 Å². The van der Waals surface area contributed by atoms with Gasteiger partial charge in [0, 0.05) is 13.1 Å².